The monoisotopic (exact) mass is 419 g/mol. The second-order valence-corrected chi connectivity index (χ2v) is 8.82. The van der Waals surface area contributed by atoms with Crippen molar-refractivity contribution >= 4 is 21.8 Å². The lowest BCUT2D eigenvalue weighted by Gasteiger charge is -2.21. The minimum Gasteiger partial charge on any atom is -0.344 e. The SMILES string of the molecule is CC.Cc1ccccc1.Cn1c2ccccc2c2cc3c(cc21)C(C)(C)c1ccccc1-3. The van der Waals surface area contributed by atoms with Crippen LogP contribution >= 0.6 is 0 Å². The van der Waals surface area contributed by atoms with Crippen molar-refractivity contribution < 1.29 is 0 Å². The van der Waals surface area contributed by atoms with Crippen molar-refractivity contribution in [2.75, 3.05) is 0 Å². The second-order valence-electron chi connectivity index (χ2n) is 8.82. The summed E-state index contributed by atoms with van der Waals surface area (Å²) in [4.78, 5) is 0. The number of benzene rings is 4. The third kappa shape index (κ3) is 3.52. The number of rotatable bonds is 0. The molecule has 1 aliphatic rings. The van der Waals surface area contributed by atoms with Crippen LogP contribution in [0.1, 0.15) is 44.4 Å². The summed E-state index contributed by atoms with van der Waals surface area (Å²) in [6.07, 6.45) is 0. The zero-order chi connectivity index (χ0) is 22.9. The van der Waals surface area contributed by atoms with Gasteiger partial charge in [-0.3, -0.25) is 0 Å². The molecule has 0 saturated carbocycles. The summed E-state index contributed by atoms with van der Waals surface area (Å²) in [6, 6.07) is 32.6. The maximum absolute atomic E-state index is 2.41. The molecule has 4 aromatic carbocycles. The van der Waals surface area contributed by atoms with Crippen molar-refractivity contribution in [1.82, 2.24) is 4.57 Å². The van der Waals surface area contributed by atoms with E-state index in [9.17, 15) is 0 Å². The van der Waals surface area contributed by atoms with Crippen LogP contribution in [0.15, 0.2) is 91.0 Å². The Hall–Kier alpha value is -3.32. The smallest absolute Gasteiger partial charge is 0.0492 e. The third-order valence-corrected chi connectivity index (χ3v) is 6.56. The summed E-state index contributed by atoms with van der Waals surface area (Å²) in [5.74, 6) is 0. The summed E-state index contributed by atoms with van der Waals surface area (Å²) in [7, 11) is 2.17. The van der Waals surface area contributed by atoms with Gasteiger partial charge >= 0.3 is 0 Å². The Morgan fingerprint density at radius 3 is 1.91 bits per heavy atom. The predicted molar refractivity (Wildman–Crippen MR) is 141 cm³/mol. The number of aromatic nitrogens is 1. The molecule has 32 heavy (non-hydrogen) atoms. The molecule has 5 aromatic rings. The maximum Gasteiger partial charge on any atom is 0.0492 e. The highest BCUT2D eigenvalue weighted by molar-refractivity contribution is 6.10. The van der Waals surface area contributed by atoms with Gasteiger partial charge in [0.05, 0.1) is 0 Å². The van der Waals surface area contributed by atoms with Crippen LogP contribution in [0.2, 0.25) is 0 Å². The van der Waals surface area contributed by atoms with Gasteiger partial charge in [-0.25, -0.2) is 0 Å². The first-order valence-corrected chi connectivity index (χ1v) is 11.6. The summed E-state index contributed by atoms with van der Waals surface area (Å²) >= 11 is 0. The molecule has 1 heteroatoms. The van der Waals surface area contributed by atoms with Crippen LogP contribution in [0.5, 0.6) is 0 Å². The van der Waals surface area contributed by atoms with Crippen molar-refractivity contribution in [1.29, 1.82) is 0 Å². The van der Waals surface area contributed by atoms with Crippen LogP contribution in [0.3, 0.4) is 0 Å². The molecule has 0 fully saturated rings. The first-order valence-electron chi connectivity index (χ1n) is 11.6. The summed E-state index contributed by atoms with van der Waals surface area (Å²) in [5, 5.41) is 2.70. The molecule has 1 aliphatic carbocycles. The minimum atomic E-state index is 0.0660. The van der Waals surface area contributed by atoms with Crippen molar-refractivity contribution in [3.05, 3.63) is 108 Å². The van der Waals surface area contributed by atoms with Gasteiger partial charge in [-0.2, -0.15) is 0 Å². The van der Waals surface area contributed by atoms with Crippen molar-refractivity contribution in [2.24, 2.45) is 7.05 Å². The largest absolute Gasteiger partial charge is 0.344 e. The fourth-order valence-electron chi connectivity index (χ4n) is 4.89. The molecule has 0 N–H and O–H groups in total. The molecule has 1 nitrogen and oxygen atoms in total. The topological polar surface area (TPSA) is 4.93 Å². The fraction of sp³-hybridized carbons (Fsp3) is 0.226. The van der Waals surface area contributed by atoms with Crippen molar-refractivity contribution in [2.45, 2.75) is 40.0 Å². The molecular weight excluding hydrogens is 386 g/mol. The van der Waals surface area contributed by atoms with E-state index in [2.05, 4.69) is 105 Å². The van der Waals surface area contributed by atoms with E-state index in [-0.39, 0.29) is 5.41 Å². The molecule has 0 amide bonds. The highest BCUT2D eigenvalue weighted by atomic mass is 14.9. The van der Waals surface area contributed by atoms with Crippen LogP contribution in [0, 0.1) is 6.92 Å². The Kier molecular flexibility index (Phi) is 5.93. The van der Waals surface area contributed by atoms with Gasteiger partial charge in [0.1, 0.15) is 0 Å². The van der Waals surface area contributed by atoms with Gasteiger partial charge in [-0.15, -0.1) is 0 Å². The highest BCUT2D eigenvalue weighted by Crippen LogP contribution is 2.50. The van der Waals surface area contributed by atoms with Gasteiger partial charge in [0, 0.05) is 34.3 Å². The number of fused-ring (bicyclic) bond motifs is 6. The first kappa shape index (κ1) is 21.9. The van der Waals surface area contributed by atoms with Crippen LogP contribution in [0.25, 0.3) is 32.9 Å². The van der Waals surface area contributed by atoms with E-state index in [1.54, 1.807) is 0 Å². The average Bonchev–Trinajstić information content (AvgIpc) is 3.24. The van der Waals surface area contributed by atoms with Crippen LogP contribution in [-0.4, -0.2) is 4.57 Å². The normalized spacial score (nSPS) is 12.9. The first-order chi connectivity index (χ1) is 15.5. The molecule has 162 valence electrons. The molecule has 1 heterocycles. The Morgan fingerprint density at radius 1 is 0.594 bits per heavy atom. The number of aryl methyl sites for hydroxylation is 2. The molecule has 0 bridgehead atoms. The lowest BCUT2D eigenvalue weighted by atomic mass is 9.82. The van der Waals surface area contributed by atoms with Gasteiger partial charge in [-0.1, -0.05) is 106 Å². The summed E-state index contributed by atoms with van der Waals surface area (Å²) in [5.41, 5.74) is 9.69. The number of hydrogen-bond donors (Lipinski definition) is 0. The van der Waals surface area contributed by atoms with Crippen LogP contribution < -0.4 is 0 Å². The second kappa shape index (κ2) is 8.67. The van der Waals surface area contributed by atoms with Gasteiger partial charge in [0.2, 0.25) is 0 Å². The zero-order valence-electron chi connectivity index (χ0n) is 20.1. The summed E-state index contributed by atoms with van der Waals surface area (Å²) < 4.78 is 2.32. The lowest BCUT2D eigenvalue weighted by Crippen LogP contribution is -2.14. The molecule has 0 spiro atoms. The van der Waals surface area contributed by atoms with E-state index >= 15 is 0 Å². The summed E-state index contributed by atoms with van der Waals surface area (Å²) in [6.45, 7) is 10.8. The zero-order valence-corrected chi connectivity index (χ0v) is 20.1. The molecular formula is C31H33N. The average molecular weight is 420 g/mol. The molecule has 0 unspecified atom stereocenters. The van der Waals surface area contributed by atoms with E-state index in [4.69, 9.17) is 0 Å². The third-order valence-electron chi connectivity index (χ3n) is 6.56. The van der Waals surface area contributed by atoms with Crippen LogP contribution in [-0.2, 0) is 12.5 Å². The van der Waals surface area contributed by atoms with Crippen molar-refractivity contribution in [3.8, 4) is 11.1 Å². The predicted octanol–water partition coefficient (Wildman–Crippen LogP) is 8.66. The molecule has 0 aliphatic heterocycles. The van der Waals surface area contributed by atoms with E-state index in [0.717, 1.165) is 0 Å². The van der Waals surface area contributed by atoms with E-state index in [0.29, 0.717) is 0 Å². The Labute approximate surface area is 192 Å². The van der Waals surface area contributed by atoms with E-state index in [1.165, 1.54) is 49.6 Å². The van der Waals surface area contributed by atoms with Gasteiger partial charge in [0.15, 0.2) is 0 Å². The molecule has 0 radical (unpaired) electrons. The Morgan fingerprint density at radius 2 is 1.22 bits per heavy atom. The molecule has 6 rings (SSSR count). The molecule has 0 saturated heterocycles. The maximum atomic E-state index is 2.41. The highest BCUT2D eigenvalue weighted by Gasteiger charge is 2.35. The number of para-hydroxylation sites is 1. The van der Waals surface area contributed by atoms with E-state index < -0.39 is 0 Å². The van der Waals surface area contributed by atoms with Crippen LogP contribution in [0.4, 0.5) is 0 Å². The van der Waals surface area contributed by atoms with E-state index in [1.807, 2.05) is 32.0 Å². The lowest BCUT2D eigenvalue weighted by molar-refractivity contribution is 0.661. The number of nitrogens with zero attached hydrogens (tertiary/aromatic N) is 1. The Bertz CT molecular complexity index is 1370. The fourth-order valence-corrected chi connectivity index (χ4v) is 4.89. The quantitative estimate of drug-likeness (QED) is 0.237. The van der Waals surface area contributed by atoms with Gasteiger partial charge in [-0.05, 0) is 47.4 Å². The van der Waals surface area contributed by atoms with Gasteiger partial charge < -0.3 is 4.57 Å². The van der Waals surface area contributed by atoms with Gasteiger partial charge in [0.25, 0.3) is 0 Å². The van der Waals surface area contributed by atoms with Crippen molar-refractivity contribution in [3.63, 3.8) is 0 Å². The standard InChI is InChI=1S/C22H19N.C7H8.C2H6/c1-22(2)18-10-6-4-8-14(18)16-12-17-15-9-5-7-11-20(15)23(3)21(17)13-19(16)22;1-7-5-3-2-4-6-7;1-2/h4-13H,1-3H3;2-6H,1H3;1-2H3. The molecule has 0 atom stereocenters. The minimum absolute atomic E-state index is 0.0660. The molecule has 1 aromatic heterocycles. The number of hydrogen-bond acceptors (Lipinski definition) is 0. The Balaban J connectivity index is 0.000000232.